The molecule has 0 spiro atoms. The van der Waals surface area contributed by atoms with Crippen molar-refractivity contribution in [2.45, 2.75) is 13.3 Å². The zero-order valence-corrected chi connectivity index (χ0v) is 29.3. The van der Waals surface area contributed by atoms with Crippen molar-refractivity contribution in [3.8, 4) is 0 Å². The molecule has 5 heteroatoms. The quantitative estimate of drug-likeness (QED) is 0.169. The van der Waals surface area contributed by atoms with Crippen molar-refractivity contribution in [1.29, 1.82) is 0 Å². The van der Waals surface area contributed by atoms with Gasteiger partial charge in [0.2, 0.25) is 9.84 Å². The van der Waals surface area contributed by atoms with E-state index in [1.54, 1.807) is 0 Å². The van der Waals surface area contributed by atoms with Gasteiger partial charge in [-0.2, -0.15) is 0 Å². The van der Waals surface area contributed by atoms with Gasteiger partial charge in [0, 0.05) is 39.3 Å². The molecule has 2 aliphatic rings. The highest BCUT2D eigenvalue weighted by Crippen LogP contribution is 2.43. The molecule has 8 aromatic rings. The minimum absolute atomic E-state index is 0.330. The number of allylic oxidation sites excluding steroid dienone is 6. The molecule has 0 N–H and O–H groups in total. The van der Waals surface area contributed by atoms with Crippen molar-refractivity contribution in [3.05, 3.63) is 180 Å². The van der Waals surface area contributed by atoms with Gasteiger partial charge >= 0.3 is 0 Å². The van der Waals surface area contributed by atoms with Crippen LogP contribution in [0, 0.1) is 5.92 Å². The molecule has 0 saturated heterocycles. The van der Waals surface area contributed by atoms with Crippen molar-refractivity contribution in [2.75, 3.05) is 4.90 Å². The van der Waals surface area contributed by atoms with Crippen molar-refractivity contribution < 1.29 is 12.8 Å². The molecule has 52 heavy (non-hydrogen) atoms. The van der Waals surface area contributed by atoms with E-state index in [2.05, 4.69) is 109 Å². The fourth-order valence-electron chi connectivity index (χ4n) is 8.07. The Balaban J connectivity index is 1.13. The van der Waals surface area contributed by atoms with E-state index in [9.17, 15) is 8.42 Å². The van der Waals surface area contributed by atoms with Gasteiger partial charge in [0.25, 0.3) is 0 Å². The molecule has 0 amide bonds. The van der Waals surface area contributed by atoms with E-state index < -0.39 is 9.84 Å². The zero-order valence-electron chi connectivity index (χ0n) is 28.5. The predicted octanol–water partition coefficient (Wildman–Crippen LogP) is 12.7. The zero-order chi connectivity index (χ0) is 35.0. The lowest BCUT2D eigenvalue weighted by Gasteiger charge is -2.26. The topological polar surface area (TPSA) is 50.5 Å². The minimum Gasteiger partial charge on any atom is -0.456 e. The van der Waals surface area contributed by atoms with E-state index in [0.29, 0.717) is 16.4 Å². The maximum Gasteiger partial charge on any atom is 0.201 e. The van der Waals surface area contributed by atoms with E-state index in [0.717, 1.165) is 56.6 Å². The Bertz CT molecular complexity index is 2980. The Morgan fingerprint density at radius 3 is 1.85 bits per heavy atom. The molecule has 10 rings (SSSR count). The van der Waals surface area contributed by atoms with E-state index in [1.165, 1.54) is 37.7 Å². The minimum atomic E-state index is -3.59. The number of rotatable bonds is 5. The molecule has 4 nitrogen and oxygen atoms in total. The number of hydrogen-bond acceptors (Lipinski definition) is 4. The van der Waals surface area contributed by atoms with Gasteiger partial charge in [-0.05, 0) is 110 Å². The lowest BCUT2D eigenvalue weighted by Crippen LogP contribution is -2.10. The second-order valence-electron chi connectivity index (χ2n) is 13.9. The van der Waals surface area contributed by atoms with E-state index in [1.807, 2.05) is 60.7 Å². The predicted molar refractivity (Wildman–Crippen MR) is 217 cm³/mol. The molecule has 7 aromatic carbocycles. The fraction of sp³-hybridized carbons (Fsp3) is 0.0638. The van der Waals surface area contributed by atoms with Gasteiger partial charge in [0.1, 0.15) is 11.2 Å². The molecular formula is C47H33NO3S. The molecule has 1 unspecified atom stereocenters. The Morgan fingerprint density at radius 1 is 0.596 bits per heavy atom. The standard InChI is InChI=1S/C47H33NO3S/c1-30-9-8-10-32(25-30)33-26-47(52(49,50)29-33)31-17-19-34(20-18-31)48(36-22-24-43-42-15-6-7-16-45(42)51-46(43)28-36)35-21-23-41-39-13-3-2-11-37(39)38-12-4-5-14-40(38)44(41)27-35/h2-24,26-30H,25H2,1H3. The van der Waals surface area contributed by atoms with Crippen LogP contribution in [0.1, 0.15) is 18.9 Å². The summed E-state index contributed by atoms with van der Waals surface area (Å²) in [5, 5.41) is 10.8. The average Bonchev–Trinajstić information content (AvgIpc) is 3.71. The van der Waals surface area contributed by atoms with Crippen LogP contribution in [0.25, 0.3) is 59.2 Å². The second-order valence-corrected chi connectivity index (χ2v) is 15.6. The molecule has 0 saturated carbocycles. The van der Waals surface area contributed by atoms with Gasteiger partial charge < -0.3 is 9.32 Å². The first-order valence-corrected chi connectivity index (χ1v) is 19.2. The second kappa shape index (κ2) is 11.7. The highest BCUT2D eigenvalue weighted by Gasteiger charge is 2.27. The number of fused-ring (bicyclic) bond motifs is 9. The van der Waals surface area contributed by atoms with Crippen LogP contribution < -0.4 is 4.90 Å². The summed E-state index contributed by atoms with van der Waals surface area (Å²) >= 11 is 0. The van der Waals surface area contributed by atoms with Gasteiger partial charge in [-0.3, -0.25) is 0 Å². The molecule has 0 bridgehead atoms. The Hall–Kier alpha value is -6.17. The maximum atomic E-state index is 13.5. The van der Waals surface area contributed by atoms with Gasteiger partial charge in [-0.1, -0.05) is 110 Å². The molecule has 1 atom stereocenters. The first kappa shape index (κ1) is 30.6. The normalized spacial score (nSPS) is 16.9. The van der Waals surface area contributed by atoms with Gasteiger partial charge in [0.15, 0.2) is 0 Å². The maximum absolute atomic E-state index is 13.5. The van der Waals surface area contributed by atoms with Gasteiger partial charge in [-0.15, -0.1) is 0 Å². The number of anilines is 3. The third-order valence-corrected chi connectivity index (χ3v) is 12.1. The smallest absolute Gasteiger partial charge is 0.201 e. The summed E-state index contributed by atoms with van der Waals surface area (Å²) in [4.78, 5) is 2.55. The Morgan fingerprint density at radius 2 is 1.15 bits per heavy atom. The highest BCUT2D eigenvalue weighted by molar-refractivity contribution is 8.03. The summed E-state index contributed by atoms with van der Waals surface area (Å²) in [7, 11) is -3.59. The number of para-hydroxylation sites is 1. The molecule has 1 aromatic heterocycles. The molecular weight excluding hydrogens is 659 g/mol. The number of benzene rings is 7. The van der Waals surface area contributed by atoms with Crippen LogP contribution in [0.15, 0.2) is 179 Å². The summed E-state index contributed by atoms with van der Waals surface area (Å²) in [6, 6.07) is 46.2. The van der Waals surface area contributed by atoms with Crippen molar-refractivity contribution in [1.82, 2.24) is 0 Å². The van der Waals surface area contributed by atoms with Crippen LogP contribution in [0.4, 0.5) is 17.1 Å². The third kappa shape index (κ3) is 4.92. The number of sulfone groups is 1. The van der Waals surface area contributed by atoms with Gasteiger partial charge in [0.05, 0.1) is 4.91 Å². The van der Waals surface area contributed by atoms with Gasteiger partial charge in [-0.25, -0.2) is 8.42 Å². The average molecular weight is 692 g/mol. The third-order valence-electron chi connectivity index (χ3n) is 10.5. The first-order chi connectivity index (χ1) is 25.4. The van der Waals surface area contributed by atoms with Crippen LogP contribution in [0.2, 0.25) is 0 Å². The van der Waals surface area contributed by atoms with Crippen molar-refractivity contribution in [3.63, 3.8) is 0 Å². The highest BCUT2D eigenvalue weighted by atomic mass is 32.2. The monoisotopic (exact) mass is 691 g/mol. The Kier molecular flexibility index (Phi) is 6.89. The lowest BCUT2D eigenvalue weighted by atomic mass is 9.91. The summed E-state index contributed by atoms with van der Waals surface area (Å²) in [6.45, 7) is 2.15. The summed E-state index contributed by atoms with van der Waals surface area (Å²) in [6.07, 6.45) is 8.84. The number of hydrogen-bond donors (Lipinski definition) is 0. The molecule has 1 aliphatic carbocycles. The molecule has 2 heterocycles. The largest absolute Gasteiger partial charge is 0.456 e. The van der Waals surface area contributed by atoms with Crippen LogP contribution in [-0.4, -0.2) is 8.42 Å². The Labute approximate surface area is 301 Å². The molecule has 0 radical (unpaired) electrons. The van der Waals surface area contributed by atoms with E-state index >= 15 is 0 Å². The van der Waals surface area contributed by atoms with E-state index in [4.69, 9.17) is 4.42 Å². The van der Waals surface area contributed by atoms with Crippen LogP contribution in [0.3, 0.4) is 0 Å². The lowest BCUT2D eigenvalue weighted by molar-refractivity contribution is 0.614. The number of nitrogens with zero attached hydrogens (tertiary/aromatic N) is 1. The first-order valence-electron chi connectivity index (χ1n) is 17.6. The SMILES string of the molecule is CC1C=CC=C(C2=CS(=O)(=O)C(c3ccc(N(c4ccc5c(c4)oc4ccccc45)c4ccc5c6ccccc6c6ccccc6c5c4)cc3)=C2)C1. The van der Waals surface area contributed by atoms with E-state index in [-0.39, 0.29) is 0 Å². The van der Waals surface area contributed by atoms with Crippen LogP contribution in [0.5, 0.6) is 0 Å². The summed E-state index contributed by atoms with van der Waals surface area (Å²) in [5.74, 6) is 0.372. The molecule has 250 valence electrons. The van der Waals surface area contributed by atoms with Crippen molar-refractivity contribution in [2.24, 2.45) is 5.92 Å². The molecule has 1 aliphatic heterocycles. The van der Waals surface area contributed by atoms with Crippen LogP contribution >= 0.6 is 0 Å². The van der Waals surface area contributed by atoms with Crippen LogP contribution in [-0.2, 0) is 9.84 Å². The van der Waals surface area contributed by atoms with Crippen molar-refractivity contribution >= 4 is 86.1 Å². The summed E-state index contributed by atoms with van der Waals surface area (Å²) < 4.78 is 33.3. The summed E-state index contributed by atoms with van der Waals surface area (Å²) in [5.41, 5.74) is 6.97. The molecule has 0 fully saturated rings. The number of furan rings is 1. The fourth-order valence-corrected chi connectivity index (χ4v) is 9.51.